The summed E-state index contributed by atoms with van der Waals surface area (Å²) in [4.78, 5) is 17.8. The fourth-order valence-corrected chi connectivity index (χ4v) is 2.20. The fourth-order valence-electron chi connectivity index (χ4n) is 1.95. The first kappa shape index (κ1) is 11.5. The van der Waals surface area contributed by atoms with E-state index in [1.54, 1.807) is 11.1 Å². The quantitative estimate of drug-likeness (QED) is 0.813. The Morgan fingerprint density at radius 1 is 1.62 bits per heavy atom. The molecule has 1 saturated heterocycles. The Morgan fingerprint density at radius 3 is 3.06 bits per heavy atom. The van der Waals surface area contributed by atoms with E-state index in [2.05, 4.69) is 24.5 Å². The summed E-state index contributed by atoms with van der Waals surface area (Å²) in [6, 6.07) is 3.99. The predicted octanol–water partition coefficient (Wildman–Crippen LogP) is 1.93. The SMILES string of the molecule is CCc1ccnc(N2CC(CS)CC2=O)c1. The van der Waals surface area contributed by atoms with Crippen molar-refractivity contribution in [1.29, 1.82) is 0 Å². The number of carbonyl (C=O) groups is 1. The molecule has 1 fully saturated rings. The molecule has 2 heterocycles. The maximum absolute atomic E-state index is 11.8. The lowest BCUT2D eigenvalue weighted by molar-refractivity contribution is -0.117. The molecule has 1 aliphatic heterocycles. The van der Waals surface area contributed by atoms with Crippen LogP contribution in [0.3, 0.4) is 0 Å². The number of carbonyl (C=O) groups excluding carboxylic acids is 1. The summed E-state index contributed by atoms with van der Waals surface area (Å²) in [6.07, 6.45) is 3.34. The minimum Gasteiger partial charge on any atom is -0.296 e. The van der Waals surface area contributed by atoms with Crippen LogP contribution in [0.5, 0.6) is 0 Å². The van der Waals surface area contributed by atoms with Crippen molar-refractivity contribution in [2.45, 2.75) is 19.8 Å². The summed E-state index contributed by atoms with van der Waals surface area (Å²) in [7, 11) is 0. The monoisotopic (exact) mass is 236 g/mol. The molecule has 0 N–H and O–H groups in total. The van der Waals surface area contributed by atoms with Crippen LogP contribution in [0.2, 0.25) is 0 Å². The first-order valence-electron chi connectivity index (χ1n) is 5.60. The van der Waals surface area contributed by atoms with Crippen molar-refractivity contribution in [2.24, 2.45) is 5.92 Å². The van der Waals surface area contributed by atoms with Crippen LogP contribution in [0.25, 0.3) is 0 Å². The van der Waals surface area contributed by atoms with Gasteiger partial charge in [0.1, 0.15) is 5.82 Å². The summed E-state index contributed by atoms with van der Waals surface area (Å²) in [5.41, 5.74) is 1.21. The van der Waals surface area contributed by atoms with Crippen molar-refractivity contribution in [3.05, 3.63) is 23.9 Å². The fraction of sp³-hybridized carbons (Fsp3) is 0.500. The lowest BCUT2D eigenvalue weighted by Gasteiger charge is -2.15. The van der Waals surface area contributed by atoms with Crippen molar-refractivity contribution in [3.8, 4) is 0 Å². The summed E-state index contributed by atoms with van der Waals surface area (Å²) < 4.78 is 0. The predicted molar refractivity (Wildman–Crippen MR) is 67.9 cm³/mol. The average molecular weight is 236 g/mol. The first-order chi connectivity index (χ1) is 7.74. The molecule has 0 saturated carbocycles. The largest absolute Gasteiger partial charge is 0.296 e. The zero-order valence-corrected chi connectivity index (χ0v) is 10.3. The number of hydrogen-bond acceptors (Lipinski definition) is 3. The van der Waals surface area contributed by atoms with E-state index in [9.17, 15) is 4.79 Å². The molecule has 0 aromatic carbocycles. The van der Waals surface area contributed by atoms with Crippen molar-refractivity contribution in [3.63, 3.8) is 0 Å². The standard InChI is InChI=1S/C12H16N2OS/c1-2-9-3-4-13-11(5-9)14-7-10(8-16)6-12(14)15/h3-5,10,16H,2,6-8H2,1H3. The van der Waals surface area contributed by atoms with E-state index in [0.29, 0.717) is 12.3 Å². The molecule has 0 spiro atoms. The van der Waals surface area contributed by atoms with Crippen molar-refractivity contribution in [1.82, 2.24) is 4.98 Å². The molecule has 86 valence electrons. The highest BCUT2D eigenvalue weighted by Crippen LogP contribution is 2.24. The van der Waals surface area contributed by atoms with Crippen molar-refractivity contribution < 1.29 is 4.79 Å². The molecule has 16 heavy (non-hydrogen) atoms. The van der Waals surface area contributed by atoms with Gasteiger partial charge < -0.3 is 0 Å². The number of pyridine rings is 1. The number of nitrogens with zero attached hydrogens (tertiary/aromatic N) is 2. The Kier molecular flexibility index (Phi) is 3.49. The van der Waals surface area contributed by atoms with Crippen molar-refractivity contribution in [2.75, 3.05) is 17.2 Å². The minimum absolute atomic E-state index is 0.166. The molecular formula is C12H16N2OS. The van der Waals surface area contributed by atoms with Gasteiger partial charge >= 0.3 is 0 Å². The Balaban J connectivity index is 2.20. The van der Waals surface area contributed by atoms with Gasteiger partial charge in [0.2, 0.25) is 5.91 Å². The maximum atomic E-state index is 11.8. The number of thiol groups is 1. The van der Waals surface area contributed by atoms with Crippen LogP contribution in [0.15, 0.2) is 18.3 Å². The van der Waals surface area contributed by atoms with Crippen molar-refractivity contribution >= 4 is 24.4 Å². The second kappa shape index (κ2) is 4.87. The van der Waals surface area contributed by atoms with Crippen LogP contribution in [0.4, 0.5) is 5.82 Å². The van der Waals surface area contributed by atoms with Crippen LogP contribution < -0.4 is 4.90 Å². The molecule has 1 aromatic heterocycles. The van der Waals surface area contributed by atoms with Crippen LogP contribution in [0.1, 0.15) is 18.9 Å². The van der Waals surface area contributed by atoms with Crippen LogP contribution in [-0.4, -0.2) is 23.2 Å². The molecule has 0 bridgehead atoms. The van der Waals surface area contributed by atoms with E-state index in [1.807, 2.05) is 12.1 Å². The third-order valence-corrected chi connectivity index (χ3v) is 3.47. The average Bonchev–Trinajstić information content (AvgIpc) is 2.71. The zero-order chi connectivity index (χ0) is 11.5. The molecule has 2 rings (SSSR count). The van der Waals surface area contributed by atoms with Gasteiger partial charge in [-0.15, -0.1) is 0 Å². The van der Waals surface area contributed by atoms with Crippen LogP contribution in [-0.2, 0) is 11.2 Å². The second-order valence-electron chi connectivity index (χ2n) is 4.13. The summed E-state index contributed by atoms with van der Waals surface area (Å²) in [5, 5.41) is 0. The maximum Gasteiger partial charge on any atom is 0.228 e. The number of anilines is 1. The molecule has 0 aliphatic carbocycles. The normalized spacial score (nSPS) is 20.5. The molecule has 1 unspecified atom stereocenters. The lowest BCUT2D eigenvalue weighted by Crippen LogP contribution is -2.25. The van der Waals surface area contributed by atoms with Gasteiger partial charge in [0, 0.05) is 19.2 Å². The second-order valence-corrected chi connectivity index (χ2v) is 4.50. The van der Waals surface area contributed by atoms with E-state index in [4.69, 9.17) is 0 Å². The topological polar surface area (TPSA) is 33.2 Å². The Bertz CT molecular complexity index is 394. The number of aryl methyl sites for hydroxylation is 1. The number of rotatable bonds is 3. The number of hydrogen-bond donors (Lipinski definition) is 1. The highest BCUT2D eigenvalue weighted by molar-refractivity contribution is 7.80. The minimum atomic E-state index is 0.166. The molecule has 1 aromatic rings. The summed E-state index contributed by atoms with van der Waals surface area (Å²) in [5.74, 6) is 2.08. The van der Waals surface area contributed by atoms with E-state index in [-0.39, 0.29) is 5.91 Å². The van der Waals surface area contributed by atoms with E-state index in [1.165, 1.54) is 5.56 Å². The van der Waals surface area contributed by atoms with Gasteiger partial charge in [-0.2, -0.15) is 12.6 Å². The molecule has 1 atom stereocenters. The number of aromatic nitrogens is 1. The van der Waals surface area contributed by atoms with Gasteiger partial charge in [-0.3, -0.25) is 9.69 Å². The number of amides is 1. The van der Waals surface area contributed by atoms with Gasteiger partial charge in [0.25, 0.3) is 0 Å². The highest BCUT2D eigenvalue weighted by atomic mass is 32.1. The van der Waals surface area contributed by atoms with E-state index in [0.717, 1.165) is 24.5 Å². The summed E-state index contributed by atoms with van der Waals surface area (Å²) >= 11 is 4.25. The van der Waals surface area contributed by atoms with Gasteiger partial charge in [-0.05, 0) is 35.8 Å². The first-order valence-corrected chi connectivity index (χ1v) is 6.24. The van der Waals surface area contributed by atoms with Crippen LogP contribution in [0, 0.1) is 5.92 Å². The van der Waals surface area contributed by atoms with Crippen LogP contribution >= 0.6 is 12.6 Å². The Hall–Kier alpha value is -1.03. The summed E-state index contributed by atoms with van der Waals surface area (Å²) in [6.45, 7) is 2.85. The third kappa shape index (κ3) is 2.21. The molecule has 4 heteroatoms. The molecule has 1 aliphatic rings. The van der Waals surface area contributed by atoms with Gasteiger partial charge in [-0.1, -0.05) is 6.92 Å². The smallest absolute Gasteiger partial charge is 0.228 e. The zero-order valence-electron chi connectivity index (χ0n) is 9.39. The molecule has 0 radical (unpaired) electrons. The van der Waals surface area contributed by atoms with Gasteiger partial charge in [0.05, 0.1) is 0 Å². The van der Waals surface area contributed by atoms with E-state index >= 15 is 0 Å². The molecule has 1 amide bonds. The molecular weight excluding hydrogens is 220 g/mol. The Morgan fingerprint density at radius 2 is 2.44 bits per heavy atom. The van der Waals surface area contributed by atoms with Gasteiger partial charge in [-0.25, -0.2) is 4.98 Å². The van der Waals surface area contributed by atoms with Gasteiger partial charge in [0.15, 0.2) is 0 Å². The molecule has 3 nitrogen and oxygen atoms in total. The highest BCUT2D eigenvalue weighted by Gasteiger charge is 2.30. The Labute approximate surface area is 101 Å². The third-order valence-electron chi connectivity index (χ3n) is 2.96. The lowest BCUT2D eigenvalue weighted by atomic mass is 10.1. The van der Waals surface area contributed by atoms with E-state index < -0.39 is 0 Å².